The molecule has 0 radical (unpaired) electrons. The van der Waals surface area contributed by atoms with E-state index in [1.54, 1.807) is 7.11 Å². The Bertz CT molecular complexity index is 294. The van der Waals surface area contributed by atoms with Crippen LogP contribution in [0.25, 0.3) is 0 Å². The lowest BCUT2D eigenvalue weighted by Crippen LogP contribution is -2.01. The zero-order chi connectivity index (χ0) is 11.6. The first-order valence-electron chi connectivity index (χ1n) is 5.38. The van der Waals surface area contributed by atoms with Gasteiger partial charge in [-0.3, -0.25) is 0 Å². The summed E-state index contributed by atoms with van der Waals surface area (Å²) in [6, 6.07) is 7.52. The van der Waals surface area contributed by atoms with Gasteiger partial charge in [-0.1, -0.05) is 6.07 Å². The van der Waals surface area contributed by atoms with Crippen LogP contribution in [0.2, 0.25) is 0 Å². The van der Waals surface area contributed by atoms with Gasteiger partial charge < -0.3 is 15.2 Å². The number of ether oxygens (including phenoxy) is 2. The molecule has 0 bridgehead atoms. The smallest absolute Gasteiger partial charge is 0.121 e. The summed E-state index contributed by atoms with van der Waals surface area (Å²) in [4.78, 5) is 0. The molecule has 2 N–H and O–H groups in total. The van der Waals surface area contributed by atoms with Gasteiger partial charge in [-0.15, -0.1) is 0 Å². The molecule has 16 heavy (non-hydrogen) atoms. The van der Waals surface area contributed by atoms with Crippen LogP contribution >= 0.6 is 11.8 Å². The van der Waals surface area contributed by atoms with Crippen LogP contribution in [0.3, 0.4) is 0 Å². The Morgan fingerprint density at radius 3 is 2.88 bits per heavy atom. The van der Waals surface area contributed by atoms with Crippen molar-refractivity contribution in [3.8, 4) is 5.75 Å². The molecule has 0 saturated carbocycles. The van der Waals surface area contributed by atoms with Crippen LogP contribution in [0, 0.1) is 0 Å². The number of thioether (sulfide) groups is 1. The molecule has 4 heteroatoms. The number of nitrogens with two attached hydrogens (primary N) is 1. The number of anilines is 1. The van der Waals surface area contributed by atoms with Crippen molar-refractivity contribution in [1.82, 2.24) is 0 Å². The molecule has 0 aliphatic rings. The van der Waals surface area contributed by atoms with Crippen molar-refractivity contribution in [3.63, 3.8) is 0 Å². The summed E-state index contributed by atoms with van der Waals surface area (Å²) < 4.78 is 10.5. The highest BCUT2D eigenvalue weighted by Gasteiger charge is 1.94. The number of rotatable bonds is 8. The molecule has 0 unspecified atom stereocenters. The molecule has 0 aliphatic carbocycles. The van der Waals surface area contributed by atoms with Crippen molar-refractivity contribution >= 4 is 17.4 Å². The van der Waals surface area contributed by atoms with Gasteiger partial charge in [0, 0.05) is 31.2 Å². The average Bonchev–Trinajstić information content (AvgIpc) is 2.28. The highest BCUT2D eigenvalue weighted by Crippen LogP contribution is 2.14. The number of hydrogen-bond acceptors (Lipinski definition) is 4. The van der Waals surface area contributed by atoms with E-state index in [0.717, 1.165) is 42.6 Å². The maximum absolute atomic E-state index is 5.64. The second-order valence-electron chi connectivity index (χ2n) is 3.38. The van der Waals surface area contributed by atoms with Gasteiger partial charge in [0.1, 0.15) is 5.75 Å². The Morgan fingerprint density at radius 2 is 2.12 bits per heavy atom. The minimum Gasteiger partial charge on any atom is -0.493 e. The summed E-state index contributed by atoms with van der Waals surface area (Å²) in [6.07, 6.45) is 1.10. The predicted octanol–water partition coefficient (Wildman–Crippen LogP) is 2.42. The van der Waals surface area contributed by atoms with Gasteiger partial charge in [0.2, 0.25) is 0 Å². The summed E-state index contributed by atoms with van der Waals surface area (Å²) in [5.74, 6) is 2.96. The molecule has 1 aromatic rings. The molecule has 3 nitrogen and oxygen atoms in total. The lowest BCUT2D eigenvalue weighted by Gasteiger charge is -2.06. The van der Waals surface area contributed by atoms with Gasteiger partial charge in [-0.25, -0.2) is 0 Å². The molecule has 1 rings (SSSR count). The Labute approximate surface area is 101 Å². The Balaban J connectivity index is 2.03. The fraction of sp³-hybridized carbons (Fsp3) is 0.500. The molecule has 0 saturated heterocycles. The van der Waals surface area contributed by atoms with Crippen molar-refractivity contribution < 1.29 is 9.47 Å². The molecule has 90 valence electrons. The minimum atomic E-state index is 0.723. The fourth-order valence-corrected chi connectivity index (χ4v) is 1.96. The number of methoxy groups -OCH3 is 1. The van der Waals surface area contributed by atoms with E-state index in [1.165, 1.54) is 0 Å². The van der Waals surface area contributed by atoms with Crippen LogP contribution in [-0.2, 0) is 4.74 Å². The normalized spacial score (nSPS) is 10.3. The van der Waals surface area contributed by atoms with Crippen molar-refractivity contribution in [2.75, 3.05) is 37.6 Å². The van der Waals surface area contributed by atoms with E-state index in [-0.39, 0.29) is 0 Å². The van der Waals surface area contributed by atoms with Gasteiger partial charge in [-0.05, 0) is 24.3 Å². The topological polar surface area (TPSA) is 44.5 Å². The van der Waals surface area contributed by atoms with Crippen molar-refractivity contribution in [1.29, 1.82) is 0 Å². The lowest BCUT2D eigenvalue weighted by molar-refractivity contribution is 0.200. The molecular formula is C12H19NO2S. The Morgan fingerprint density at radius 1 is 1.25 bits per heavy atom. The molecule has 0 spiro atoms. The summed E-state index contributed by atoms with van der Waals surface area (Å²) in [5.41, 5.74) is 6.39. The molecule has 0 aromatic heterocycles. The highest BCUT2D eigenvalue weighted by molar-refractivity contribution is 7.99. The van der Waals surface area contributed by atoms with Crippen molar-refractivity contribution in [3.05, 3.63) is 24.3 Å². The molecular weight excluding hydrogens is 222 g/mol. The third kappa shape index (κ3) is 5.88. The zero-order valence-corrected chi connectivity index (χ0v) is 10.5. The summed E-state index contributed by atoms with van der Waals surface area (Å²) in [7, 11) is 1.73. The van der Waals surface area contributed by atoms with Crippen LogP contribution in [0.15, 0.2) is 24.3 Å². The SMILES string of the molecule is COCCCSCCOc1cccc(N)c1. The first-order chi connectivity index (χ1) is 7.83. The van der Waals surface area contributed by atoms with Gasteiger partial charge in [0.15, 0.2) is 0 Å². The molecule has 0 amide bonds. The Hall–Kier alpha value is -0.870. The summed E-state index contributed by atoms with van der Waals surface area (Å²) >= 11 is 1.88. The van der Waals surface area contributed by atoms with Gasteiger partial charge in [-0.2, -0.15) is 11.8 Å². The third-order valence-corrected chi connectivity index (χ3v) is 3.02. The summed E-state index contributed by atoms with van der Waals surface area (Å²) in [6.45, 7) is 1.56. The molecule has 1 aromatic carbocycles. The molecule has 0 aliphatic heterocycles. The van der Waals surface area contributed by atoms with E-state index < -0.39 is 0 Å². The third-order valence-electron chi connectivity index (χ3n) is 1.99. The number of benzene rings is 1. The minimum absolute atomic E-state index is 0.723. The standard InChI is InChI=1S/C12H19NO2S/c1-14-6-3-8-16-9-7-15-12-5-2-4-11(13)10-12/h2,4-5,10H,3,6-9,13H2,1H3. The summed E-state index contributed by atoms with van der Waals surface area (Å²) in [5, 5.41) is 0. The van der Waals surface area contributed by atoms with E-state index in [1.807, 2.05) is 36.0 Å². The van der Waals surface area contributed by atoms with E-state index >= 15 is 0 Å². The van der Waals surface area contributed by atoms with Crippen LogP contribution in [-0.4, -0.2) is 31.8 Å². The number of nitrogen functional groups attached to an aromatic ring is 1. The fourth-order valence-electron chi connectivity index (χ4n) is 1.23. The second kappa shape index (κ2) is 8.30. The predicted molar refractivity (Wildman–Crippen MR) is 70.2 cm³/mol. The monoisotopic (exact) mass is 241 g/mol. The van der Waals surface area contributed by atoms with Crippen molar-refractivity contribution in [2.45, 2.75) is 6.42 Å². The molecule has 0 heterocycles. The second-order valence-corrected chi connectivity index (χ2v) is 4.60. The van der Waals surface area contributed by atoms with Gasteiger partial charge >= 0.3 is 0 Å². The lowest BCUT2D eigenvalue weighted by atomic mass is 10.3. The van der Waals surface area contributed by atoms with Crippen LogP contribution < -0.4 is 10.5 Å². The average molecular weight is 241 g/mol. The van der Waals surface area contributed by atoms with E-state index in [4.69, 9.17) is 15.2 Å². The maximum Gasteiger partial charge on any atom is 0.121 e. The van der Waals surface area contributed by atoms with Crippen LogP contribution in [0.1, 0.15) is 6.42 Å². The van der Waals surface area contributed by atoms with Gasteiger partial charge in [0.05, 0.1) is 6.61 Å². The molecule has 0 atom stereocenters. The number of hydrogen-bond donors (Lipinski definition) is 1. The van der Waals surface area contributed by atoms with E-state index in [0.29, 0.717) is 0 Å². The Kier molecular flexibility index (Phi) is 6.85. The first-order valence-corrected chi connectivity index (χ1v) is 6.53. The molecule has 0 fully saturated rings. The van der Waals surface area contributed by atoms with Gasteiger partial charge in [0.25, 0.3) is 0 Å². The van der Waals surface area contributed by atoms with E-state index in [9.17, 15) is 0 Å². The largest absolute Gasteiger partial charge is 0.493 e. The first kappa shape index (κ1) is 13.2. The van der Waals surface area contributed by atoms with Crippen LogP contribution in [0.4, 0.5) is 5.69 Å². The highest BCUT2D eigenvalue weighted by atomic mass is 32.2. The quantitative estimate of drug-likeness (QED) is 0.561. The zero-order valence-electron chi connectivity index (χ0n) is 9.65. The maximum atomic E-state index is 5.64. The van der Waals surface area contributed by atoms with Crippen molar-refractivity contribution in [2.24, 2.45) is 0 Å². The van der Waals surface area contributed by atoms with E-state index in [2.05, 4.69) is 0 Å². The van der Waals surface area contributed by atoms with Crippen LogP contribution in [0.5, 0.6) is 5.75 Å².